The van der Waals surface area contributed by atoms with Crippen molar-refractivity contribution in [1.82, 2.24) is 5.32 Å². The number of nitrogens with one attached hydrogen (secondary N) is 1. The zero-order chi connectivity index (χ0) is 16.7. The number of phenolic OH excluding ortho intramolecular Hbond substituents is 1. The van der Waals surface area contributed by atoms with Crippen LogP contribution in [0.1, 0.15) is 24.5 Å². The molecule has 23 heavy (non-hydrogen) atoms. The van der Waals surface area contributed by atoms with E-state index in [-0.39, 0.29) is 24.1 Å². The van der Waals surface area contributed by atoms with Gasteiger partial charge in [0.25, 0.3) is 0 Å². The van der Waals surface area contributed by atoms with Crippen molar-refractivity contribution in [1.29, 1.82) is 0 Å². The highest BCUT2D eigenvalue weighted by molar-refractivity contribution is 5.76. The van der Waals surface area contributed by atoms with Gasteiger partial charge in [-0.3, -0.25) is 4.79 Å². The molecule has 2 aromatic rings. The van der Waals surface area contributed by atoms with Crippen LogP contribution in [0, 0.1) is 0 Å². The summed E-state index contributed by atoms with van der Waals surface area (Å²) >= 11 is 0. The molecule has 0 spiro atoms. The van der Waals surface area contributed by atoms with Crippen LogP contribution in [0.4, 0.5) is 0 Å². The molecule has 4 nitrogen and oxygen atoms in total. The Balaban J connectivity index is 1.79. The minimum atomic E-state index is -0.633. The molecule has 0 bridgehead atoms. The average molecular weight is 313 g/mol. The monoisotopic (exact) mass is 313 g/mol. The number of aliphatic hydroxyl groups is 1. The molecule has 122 valence electrons. The summed E-state index contributed by atoms with van der Waals surface area (Å²) in [5.41, 5.74) is 1.79. The van der Waals surface area contributed by atoms with E-state index in [0.29, 0.717) is 12.8 Å². The van der Waals surface area contributed by atoms with Crippen molar-refractivity contribution in [3.05, 3.63) is 65.7 Å². The number of para-hydroxylation sites is 1. The van der Waals surface area contributed by atoms with Crippen LogP contribution in [0.5, 0.6) is 5.75 Å². The standard InChI is InChI=1S/C19H23NO3/c1-14(18(22)13-15-7-3-2-4-8-15)20-19(23)12-11-16-9-5-6-10-17(16)21/h2-10,14,18,21-22H,11-13H2,1H3,(H,20,23). The number of aryl methyl sites for hydroxylation is 1. The predicted molar refractivity (Wildman–Crippen MR) is 90.2 cm³/mol. The first-order valence-corrected chi connectivity index (χ1v) is 7.84. The van der Waals surface area contributed by atoms with Gasteiger partial charge in [-0.25, -0.2) is 0 Å². The number of benzene rings is 2. The summed E-state index contributed by atoms with van der Waals surface area (Å²) in [6.45, 7) is 1.80. The van der Waals surface area contributed by atoms with Crippen molar-refractivity contribution in [3.8, 4) is 5.75 Å². The lowest BCUT2D eigenvalue weighted by Crippen LogP contribution is -2.42. The average Bonchev–Trinajstić information content (AvgIpc) is 2.55. The van der Waals surface area contributed by atoms with E-state index in [4.69, 9.17) is 0 Å². The fraction of sp³-hybridized carbons (Fsp3) is 0.316. The molecular formula is C19H23NO3. The second-order valence-electron chi connectivity index (χ2n) is 5.74. The van der Waals surface area contributed by atoms with Crippen molar-refractivity contribution in [2.45, 2.75) is 38.3 Å². The van der Waals surface area contributed by atoms with Crippen LogP contribution in [-0.2, 0) is 17.6 Å². The molecule has 4 heteroatoms. The van der Waals surface area contributed by atoms with Gasteiger partial charge >= 0.3 is 0 Å². The Labute approximate surface area is 136 Å². The van der Waals surface area contributed by atoms with Crippen molar-refractivity contribution >= 4 is 5.91 Å². The first kappa shape index (κ1) is 17.0. The van der Waals surface area contributed by atoms with Crippen molar-refractivity contribution in [3.63, 3.8) is 0 Å². The Morgan fingerprint density at radius 2 is 1.74 bits per heavy atom. The summed E-state index contributed by atoms with van der Waals surface area (Å²) in [7, 11) is 0. The van der Waals surface area contributed by atoms with E-state index in [2.05, 4.69) is 5.32 Å². The van der Waals surface area contributed by atoms with Crippen LogP contribution in [-0.4, -0.2) is 28.3 Å². The Kier molecular flexibility index (Phi) is 6.18. The highest BCUT2D eigenvalue weighted by atomic mass is 16.3. The molecular weight excluding hydrogens is 290 g/mol. The molecule has 0 radical (unpaired) electrons. The van der Waals surface area contributed by atoms with Crippen molar-refractivity contribution in [2.75, 3.05) is 0 Å². The molecule has 0 aliphatic rings. The zero-order valence-corrected chi connectivity index (χ0v) is 13.3. The third-order valence-corrected chi connectivity index (χ3v) is 3.87. The van der Waals surface area contributed by atoms with Crippen LogP contribution in [0.25, 0.3) is 0 Å². The van der Waals surface area contributed by atoms with Gasteiger partial charge in [0, 0.05) is 12.8 Å². The first-order valence-electron chi connectivity index (χ1n) is 7.84. The van der Waals surface area contributed by atoms with Gasteiger partial charge in [-0.15, -0.1) is 0 Å². The van der Waals surface area contributed by atoms with E-state index in [1.54, 1.807) is 25.1 Å². The molecule has 2 atom stereocenters. The van der Waals surface area contributed by atoms with E-state index < -0.39 is 6.10 Å². The molecule has 0 fully saturated rings. The molecule has 0 aliphatic heterocycles. The van der Waals surface area contributed by atoms with E-state index in [1.165, 1.54) is 0 Å². The molecule has 3 N–H and O–H groups in total. The maximum atomic E-state index is 12.0. The Hall–Kier alpha value is -2.33. The smallest absolute Gasteiger partial charge is 0.220 e. The van der Waals surface area contributed by atoms with Crippen LogP contribution >= 0.6 is 0 Å². The van der Waals surface area contributed by atoms with Gasteiger partial charge in [-0.2, -0.15) is 0 Å². The summed E-state index contributed by atoms with van der Waals surface area (Å²) in [5.74, 6) is 0.0744. The van der Waals surface area contributed by atoms with E-state index in [9.17, 15) is 15.0 Å². The van der Waals surface area contributed by atoms with Gasteiger partial charge in [0.05, 0.1) is 12.1 Å². The minimum absolute atomic E-state index is 0.132. The number of aromatic hydroxyl groups is 1. The lowest BCUT2D eigenvalue weighted by atomic mass is 10.0. The number of amides is 1. The quantitative estimate of drug-likeness (QED) is 0.735. The van der Waals surface area contributed by atoms with Gasteiger partial charge in [0.15, 0.2) is 0 Å². The summed E-state index contributed by atoms with van der Waals surface area (Å²) in [5, 5.41) is 22.7. The van der Waals surface area contributed by atoms with E-state index in [0.717, 1.165) is 11.1 Å². The molecule has 0 saturated carbocycles. The van der Waals surface area contributed by atoms with Crippen molar-refractivity contribution < 1.29 is 15.0 Å². The summed E-state index contributed by atoms with van der Waals surface area (Å²) in [6.07, 6.45) is 0.619. The predicted octanol–water partition coefficient (Wildman–Crippen LogP) is 2.43. The normalized spacial score (nSPS) is 13.3. The molecule has 2 unspecified atom stereocenters. The van der Waals surface area contributed by atoms with Gasteiger partial charge in [0.2, 0.25) is 5.91 Å². The largest absolute Gasteiger partial charge is 0.508 e. The lowest BCUT2D eigenvalue weighted by molar-refractivity contribution is -0.122. The van der Waals surface area contributed by atoms with Crippen LogP contribution in [0.3, 0.4) is 0 Å². The van der Waals surface area contributed by atoms with Crippen LogP contribution in [0.15, 0.2) is 54.6 Å². The fourth-order valence-electron chi connectivity index (χ4n) is 2.43. The van der Waals surface area contributed by atoms with Gasteiger partial charge < -0.3 is 15.5 Å². The molecule has 0 saturated heterocycles. The van der Waals surface area contributed by atoms with Gasteiger partial charge in [-0.1, -0.05) is 48.5 Å². The number of phenols is 1. The van der Waals surface area contributed by atoms with Crippen molar-refractivity contribution in [2.24, 2.45) is 0 Å². The number of carbonyl (C=O) groups excluding carboxylic acids is 1. The molecule has 0 heterocycles. The highest BCUT2D eigenvalue weighted by Gasteiger charge is 2.17. The van der Waals surface area contributed by atoms with Gasteiger partial charge in [-0.05, 0) is 30.5 Å². The fourth-order valence-corrected chi connectivity index (χ4v) is 2.43. The summed E-state index contributed by atoms with van der Waals surface area (Å²) in [4.78, 5) is 12.0. The second kappa shape index (κ2) is 8.34. The number of aliphatic hydroxyl groups excluding tert-OH is 1. The zero-order valence-electron chi connectivity index (χ0n) is 13.3. The number of carbonyl (C=O) groups is 1. The molecule has 0 aliphatic carbocycles. The molecule has 2 aromatic carbocycles. The highest BCUT2D eigenvalue weighted by Crippen LogP contribution is 2.17. The topological polar surface area (TPSA) is 69.6 Å². The third-order valence-electron chi connectivity index (χ3n) is 3.87. The second-order valence-corrected chi connectivity index (χ2v) is 5.74. The summed E-state index contributed by atoms with van der Waals surface area (Å²) < 4.78 is 0. The number of rotatable bonds is 7. The van der Waals surface area contributed by atoms with E-state index >= 15 is 0 Å². The first-order chi connectivity index (χ1) is 11.1. The van der Waals surface area contributed by atoms with E-state index in [1.807, 2.05) is 36.4 Å². The Morgan fingerprint density at radius 3 is 2.43 bits per heavy atom. The van der Waals surface area contributed by atoms with Gasteiger partial charge in [0.1, 0.15) is 5.75 Å². The minimum Gasteiger partial charge on any atom is -0.508 e. The summed E-state index contributed by atoms with van der Waals surface area (Å²) in [6, 6.07) is 16.4. The molecule has 1 amide bonds. The number of hydrogen-bond donors (Lipinski definition) is 3. The Morgan fingerprint density at radius 1 is 1.09 bits per heavy atom. The maximum Gasteiger partial charge on any atom is 0.220 e. The maximum absolute atomic E-state index is 12.0. The van der Waals surface area contributed by atoms with Crippen LogP contribution < -0.4 is 5.32 Å². The molecule has 0 aromatic heterocycles. The Bertz CT molecular complexity index is 628. The lowest BCUT2D eigenvalue weighted by Gasteiger charge is -2.20. The SMILES string of the molecule is CC(NC(=O)CCc1ccccc1O)C(O)Cc1ccccc1. The molecule has 2 rings (SSSR count). The van der Waals surface area contributed by atoms with Crippen LogP contribution in [0.2, 0.25) is 0 Å². The third kappa shape index (κ3) is 5.42. The number of hydrogen-bond acceptors (Lipinski definition) is 3.